The maximum Gasteiger partial charge on any atom is 0.200 e. The van der Waals surface area contributed by atoms with Gasteiger partial charge in [-0.05, 0) is 19.3 Å². The molecule has 0 fully saturated rings. The molecule has 0 unspecified atom stereocenters. The van der Waals surface area contributed by atoms with Crippen LogP contribution in [0.15, 0.2) is 12.4 Å². The van der Waals surface area contributed by atoms with Crippen LogP contribution < -0.4 is 5.73 Å². The van der Waals surface area contributed by atoms with Gasteiger partial charge in [-0.3, -0.25) is 4.39 Å². The van der Waals surface area contributed by atoms with Crippen LogP contribution in [0.4, 0.5) is 10.3 Å². The number of nitrogen functional groups attached to an aromatic ring is 1. The Kier molecular flexibility index (Phi) is 3.57. The van der Waals surface area contributed by atoms with Crippen molar-refractivity contribution in [3.05, 3.63) is 12.4 Å². The number of unbranched alkanes of at least 4 members (excludes halogenated alkanes) is 2. The molecule has 2 N–H and O–H groups in total. The zero-order valence-corrected chi connectivity index (χ0v) is 7.04. The summed E-state index contributed by atoms with van der Waals surface area (Å²) in [6, 6.07) is 0. The Bertz CT molecular complexity index is 222. The Labute approximate surface area is 71.4 Å². The lowest BCUT2D eigenvalue weighted by atomic mass is 10.2. The molecular weight excluding hydrogens is 157 g/mol. The molecular formula is C8H14FN3. The van der Waals surface area contributed by atoms with Gasteiger partial charge in [0.1, 0.15) is 0 Å². The number of anilines is 1. The first-order valence-corrected chi connectivity index (χ1v) is 4.17. The van der Waals surface area contributed by atoms with Crippen molar-refractivity contribution in [1.29, 1.82) is 0 Å². The number of aryl methyl sites for hydroxylation is 1. The molecule has 12 heavy (non-hydrogen) atoms. The van der Waals surface area contributed by atoms with E-state index in [-0.39, 0.29) is 6.67 Å². The number of imidazole rings is 1. The summed E-state index contributed by atoms with van der Waals surface area (Å²) in [5.74, 6) is 0.537. The van der Waals surface area contributed by atoms with Gasteiger partial charge in [0, 0.05) is 18.9 Å². The summed E-state index contributed by atoms with van der Waals surface area (Å²) in [7, 11) is 0. The van der Waals surface area contributed by atoms with Crippen molar-refractivity contribution in [3.63, 3.8) is 0 Å². The topological polar surface area (TPSA) is 43.8 Å². The number of aromatic nitrogens is 2. The maximum atomic E-state index is 11.7. The van der Waals surface area contributed by atoms with Gasteiger partial charge in [0.05, 0.1) is 6.67 Å². The van der Waals surface area contributed by atoms with Crippen molar-refractivity contribution in [2.24, 2.45) is 0 Å². The van der Waals surface area contributed by atoms with Crippen molar-refractivity contribution in [1.82, 2.24) is 9.55 Å². The Morgan fingerprint density at radius 1 is 1.42 bits per heavy atom. The number of hydrogen-bond donors (Lipinski definition) is 1. The molecule has 0 saturated heterocycles. The number of hydrogen-bond acceptors (Lipinski definition) is 2. The molecule has 0 aliphatic carbocycles. The van der Waals surface area contributed by atoms with Gasteiger partial charge in [-0.25, -0.2) is 4.98 Å². The lowest BCUT2D eigenvalue weighted by molar-refractivity contribution is 0.448. The molecule has 0 radical (unpaired) electrons. The summed E-state index contributed by atoms with van der Waals surface area (Å²) < 4.78 is 13.6. The van der Waals surface area contributed by atoms with E-state index in [1.54, 1.807) is 6.20 Å². The van der Waals surface area contributed by atoms with Crippen LogP contribution in [0.5, 0.6) is 0 Å². The van der Waals surface area contributed by atoms with Crippen molar-refractivity contribution < 1.29 is 4.39 Å². The van der Waals surface area contributed by atoms with E-state index in [1.165, 1.54) is 0 Å². The first-order valence-electron chi connectivity index (χ1n) is 4.17. The first kappa shape index (κ1) is 9.03. The lowest BCUT2D eigenvalue weighted by Gasteiger charge is -2.02. The van der Waals surface area contributed by atoms with E-state index in [2.05, 4.69) is 4.98 Å². The lowest BCUT2D eigenvalue weighted by Crippen LogP contribution is -2.02. The second-order valence-electron chi connectivity index (χ2n) is 2.73. The molecule has 0 bridgehead atoms. The normalized spacial score (nSPS) is 10.4. The Morgan fingerprint density at radius 2 is 2.25 bits per heavy atom. The smallest absolute Gasteiger partial charge is 0.200 e. The van der Waals surface area contributed by atoms with Crippen LogP contribution in [-0.4, -0.2) is 16.2 Å². The summed E-state index contributed by atoms with van der Waals surface area (Å²) in [6.07, 6.45) is 6.03. The van der Waals surface area contributed by atoms with Crippen LogP contribution in [0.3, 0.4) is 0 Å². The van der Waals surface area contributed by atoms with Crippen LogP contribution in [0.2, 0.25) is 0 Å². The molecule has 0 amide bonds. The van der Waals surface area contributed by atoms with Gasteiger partial charge in [0.2, 0.25) is 0 Å². The molecule has 1 aromatic heterocycles. The van der Waals surface area contributed by atoms with Gasteiger partial charge >= 0.3 is 0 Å². The Morgan fingerprint density at radius 3 is 2.83 bits per heavy atom. The van der Waals surface area contributed by atoms with Crippen molar-refractivity contribution >= 4 is 5.95 Å². The van der Waals surface area contributed by atoms with E-state index in [0.29, 0.717) is 12.4 Å². The molecule has 1 rings (SSSR count). The predicted molar refractivity (Wildman–Crippen MR) is 46.5 cm³/mol. The molecule has 0 aliphatic rings. The van der Waals surface area contributed by atoms with Crippen molar-refractivity contribution in [2.75, 3.05) is 12.4 Å². The summed E-state index contributed by atoms with van der Waals surface area (Å²) in [6.45, 7) is 0.616. The van der Waals surface area contributed by atoms with Crippen molar-refractivity contribution in [3.8, 4) is 0 Å². The zero-order chi connectivity index (χ0) is 8.81. The van der Waals surface area contributed by atoms with E-state index in [1.807, 2.05) is 10.8 Å². The van der Waals surface area contributed by atoms with E-state index < -0.39 is 0 Å². The van der Waals surface area contributed by atoms with E-state index in [0.717, 1.165) is 19.4 Å². The highest BCUT2D eigenvalue weighted by Crippen LogP contribution is 2.03. The minimum atomic E-state index is -0.223. The SMILES string of the molecule is Nc1nccn1CCCCCF. The van der Waals surface area contributed by atoms with E-state index >= 15 is 0 Å². The highest BCUT2D eigenvalue weighted by atomic mass is 19.1. The second-order valence-corrected chi connectivity index (χ2v) is 2.73. The Balaban J connectivity index is 2.20. The summed E-state index contributed by atoms with van der Waals surface area (Å²) in [5, 5.41) is 0. The van der Waals surface area contributed by atoms with Crippen LogP contribution in [0.25, 0.3) is 0 Å². The fourth-order valence-electron chi connectivity index (χ4n) is 1.08. The molecule has 0 saturated carbocycles. The van der Waals surface area contributed by atoms with Gasteiger partial charge in [0.25, 0.3) is 0 Å². The highest BCUT2D eigenvalue weighted by molar-refractivity contribution is 5.16. The number of rotatable bonds is 5. The average Bonchev–Trinajstić information content (AvgIpc) is 2.46. The van der Waals surface area contributed by atoms with Crippen LogP contribution in [0.1, 0.15) is 19.3 Å². The van der Waals surface area contributed by atoms with Crippen LogP contribution in [-0.2, 0) is 6.54 Å². The van der Waals surface area contributed by atoms with Gasteiger partial charge in [-0.2, -0.15) is 0 Å². The third-order valence-corrected chi connectivity index (χ3v) is 1.78. The molecule has 68 valence electrons. The summed E-state index contributed by atoms with van der Waals surface area (Å²) >= 11 is 0. The standard InChI is InChI=1S/C8H14FN3/c9-4-2-1-3-6-12-7-5-11-8(12)10/h5,7H,1-4,6H2,(H2,10,11). The number of nitrogens with two attached hydrogens (primary N) is 1. The fourth-order valence-corrected chi connectivity index (χ4v) is 1.08. The number of nitrogens with zero attached hydrogens (tertiary/aromatic N) is 2. The predicted octanol–water partition coefficient (Wildman–Crippen LogP) is 1.61. The molecule has 0 atom stereocenters. The molecule has 4 heteroatoms. The summed E-state index contributed by atoms with van der Waals surface area (Å²) in [4.78, 5) is 3.88. The summed E-state index contributed by atoms with van der Waals surface area (Å²) in [5.41, 5.74) is 5.53. The molecule has 1 heterocycles. The minimum absolute atomic E-state index is 0.223. The van der Waals surface area contributed by atoms with Crippen LogP contribution in [0, 0.1) is 0 Å². The third-order valence-electron chi connectivity index (χ3n) is 1.78. The second kappa shape index (κ2) is 4.74. The maximum absolute atomic E-state index is 11.7. The van der Waals surface area contributed by atoms with Gasteiger partial charge < -0.3 is 10.3 Å². The van der Waals surface area contributed by atoms with Gasteiger partial charge in [-0.1, -0.05) is 0 Å². The largest absolute Gasteiger partial charge is 0.369 e. The molecule has 3 nitrogen and oxygen atoms in total. The quantitative estimate of drug-likeness (QED) is 0.684. The van der Waals surface area contributed by atoms with E-state index in [4.69, 9.17) is 5.73 Å². The highest BCUT2D eigenvalue weighted by Gasteiger charge is 1.95. The zero-order valence-electron chi connectivity index (χ0n) is 7.04. The number of halogens is 1. The average molecular weight is 171 g/mol. The third kappa shape index (κ3) is 2.53. The monoisotopic (exact) mass is 171 g/mol. The fraction of sp³-hybridized carbons (Fsp3) is 0.625. The molecule has 0 aliphatic heterocycles. The van der Waals surface area contributed by atoms with Gasteiger partial charge in [0.15, 0.2) is 5.95 Å². The molecule has 0 spiro atoms. The number of alkyl halides is 1. The Hall–Kier alpha value is -1.06. The molecule has 1 aromatic rings. The first-order chi connectivity index (χ1) is 5.84. The van der Waals surface area contributed by atoms with Crippen LogP contribution >= 0.6 is 0 Å². The minimum Gasteiger partial charge on any atom is -0.369 e. The van der Waals surface area contributed by atoms with E-state index in [9.17, 15) is 4.39 Å². The van der Waals surface area contributed by atoms with Gasteiger partial charge in [-0.15, -0.1) is 0 Å². The molecule has 0 aromatic carbocycles. The van der Waals surface area contributed by atoms with Crippen molar-refractivity contribution in [2.45, 2.75) is 25.8 Å².